The summed E-state index contributed by atoms with van der Waals surface area (Å²) in [4.78, 5) is 0. The Morgan fingerprint density at radius 1 is 1.39 bits per heavy atom. The molecule has 0 saturated carbocycles. The quantitative estimate of drug-likeness (QED) is 0.591. The fourth-order valence-corrected chi connectivity index (χ4v) is 1.72. The van der Waals surface area contributed by atoms with Gasteiger partial charge in [0.25, 0.3) is 0 Å². The molecule has 3 heteroatoms. The molecule has 0 saturated heterocycles. The van der Waals surface area contributed by atoms with Crippen molar-refractivity contribution in [2.45, 2.75) is 33.7 Å². The van der Waals surface area contributed by atoms with E-state index in [1.54, 1.807) is 0 Å². The molecule has 0 heterocycles. The van der Waals surface area contributed by atoms with E-state index in [9.17, 15) is 0 Å². The van der Waals surface area contributed by atoms with Crippen LogP contribution in [0.25, 0.3) is 0 Å². The minimum absolute atomic E-state index is 0.602. The summed E-state index contributed by atoms with van der Waals surface area (Å²) in [6.45, 7) is 8.67. The maximum atomic E-state index is 6.02. The minimum Gasteiger partial charge on any atom is -0.489 e. The lowest BCUT2D eigenvalue weighted by Crippen LogP contribution is -2.14. The van der Waals surface area contributed by atoms with Crippen LogP contribution in [0.3, 0.4) is 0 Å². The normalized spacial score (nSPS) is 10.2. The van der Waals surface area contributed by atoms with Gasteiger partial charge in [0, 0.05) is 17.1 Å². The van der Waals surface area contributed by atoms with Crippen LogP contribution in [0.1, 0.15) is 32.8 Å². The average Bonchev–Trinajstić information content (AvgIpc) is 2.32. The van der Waals surface area contributed by atoms with Gasteiger partial charge in [-0.25, -0.2) is 0 Å². The number of ether oxygens (including phenoxy) is 1. The van der Waals surface area contributed by atoms with Crippen LogP contribution < -0.4 is 10.1 Å². The number of allylic oxidation sites excluding steroid dienone is 1. The Kier molecular flexibility index (Phi) is 6.84. The molecule has 0 aliphatic rings. The second-order valence-corrected chi connectivity index (χ2v) is 4.96. The van der Waals surface area contributed by atoms with Crippen molar-refractivity contribution in [3.63, 3.8) is 0 Å². The molecule has 0 bridgehead atoms. The number of hydrogen-bond donors (Lipinski definition) is 1. The number of nitrogens with one attached hydrogen (secondary N) is 1. The highest BCUT2D eigenvalue weighted by molar-refractivity contribution is 6.30. The standard InChI is InChI=1S/C15H22ClNO/c1-4-8-17-11-13-10-14(16)5-6-15(13)18-9-7-12(2)3/h5-7,10,17H,4,8-9,11H2,1-3H3. The van der Waals surface area contributed by atoms with Crippen molar-refractivity contribution >= 4 is 11.6 Å². The highest BCUT2D eigenvalue weighted by Crippen LogP contribution is 2.23. The van der Waals surface area contributed by atoms with E-state index in [0.717, 1.165) is 35.8 Å². The fraction of sp³-hybridized carbons (Fsp3) is 0.467. The molecule has 0 atom stereocenters. The van der Waals surface area contributed by atoms with Crippen molar-refractivity contribution < 1.29 is 4.74 Å². The molecule has 100 valence electrons. The molecule has 0 radical (unpaired) electrons. The third-order valence-corrected chi connectivity index (χ3v) is 2.73. The van der Waals surface area contributed by atoms with Crippen molar-refractivity contribution in [3.05, 3.63) is 40.4 Å². The van der Waals surface area contributed by atoms with Gasteiger partial charge in [0.2, 0.25) is 0 Å². The van der Waals surface area contributed by atoms with Crippen LogP contribution in [0.2, 0.25) is 5.02 Å². The predicted molar refractivity (Wildman–Crippen MR) is 78.4 cm³/mol. The van der Waals surface area contributed by atoms with E-state index in [-0.39, 0.29) is 0 Å². The van der Waals surface area contributed by atoms with Gasteiger partial charge in [-0.2, -0.15) is 0 Å². The lowest BCUT2D eigenvalue weighted by Gasteiger charge is -2.11. The molecule has 0 unspecified atom stereocenters. The molecule has 2 nitrogen and oxygen atoms in total. The van der Waals surface area contributed by atoms with Crippen LogP contribution in [-0.4, -0.2) is 13.2 Å². The van der Waals surface area contributed by atoms with E-state index in [2.05, 4.69) is 32.2 Å². The monoisotopic (exact) mass is 267 g/mol. The summed E-state index contributed by atoms with van der Waals surface area (Å²) >= 11 is 6.02. The van der Waals surface area contributed by atoms with Gasteiger partial charge in [-0.05, 0) is 51.1 Å². The number of benzene rings is 1. The van der Waals surface area contributed by atoms with Crippen LogP contribution in [0.5, 0.6) is 5.75 Å². The highest BCUT2D eigenvalue weighted by atomic mass is 35.5. The molecule has 18 heavy (non-hydrogen) atoms. The van der Waals surface area contributed by atoms with E-state index < -0.39 is 0 Å². The summed E-state index contributed by atoms with van der Waals surface area (Å²) in [6, 6.07) is 5.76. The second-order valence-electron chi connectivity index (χ2n) is 4.52. The summed E-state index contributed by atoms with van der Waals surface area (Å²) in [5.41, 5.74) is 2.37. The van der Waals surface area contributed by atoms with Crippen molar-refractivity contribution in [2.75, 3.05) is 13.2 Å². The maximum absolute atomic E-state index is 6.02. The molecule has 0 spiro atoms. The van der Waals surface area contributed by atoms with Crippen LogP contribution in [-0.2, 0) is 6.54 Å². The number of hydrogen-bond acceptors (Lipinski definition) is 2. The SMILES string of the molecule is CCCNCc1cc(Cl)ccc1OCC=C(C)C. The Morgan fingerprint density at radius 2 is 2.17 bits per heavy atom. The van der Waals surface area contributed by atoms with Gasteiger partial charge in [-0.15, -0.1) is 0 Å². The molecule has 0 fully saturated rings. The molecular formula is C15H22ClNO. The molecule has 0 amide bonds. The first-order chi connectivity index (χ1) is 8.63. The lowest BCUT2D eigenvalue weighted by atomic mass is 10.2. The first-order valence-electron chi connectivity index (χ1n) is 6.38. The average molecular weight is 268 g/mol. The first kappa shape index (κ1) is 15.1. The van der Waals surface area contributed by atoms with Gasteiger partial charge in [0.1, 0.15) is 12.4 Å². The summed E-state index contributed by atoms with van der Waals surface area (Å²) in [5.74, 6) is 0.903. The third-order valence-electron chi connectivity index (χ3n) is 2.50. The number of halogens is 1. The van der Waals surface area contributed by atoms with Crippen LogP contribution >= 0.6 is 11.6 Å². The third kappa shape index (κ3) is 5.56. The maximum Gasteiger partial charge on any atom is 0.124 e. The van der Waals surface area contributed by atoms with E-state index in [1.807, 2.05) is 18.2 Å². The van der Waals surface area contributed by atoms with Crippen molar-refractivity contribution in [3.8, 4) is 5.75 Å². The Morgan fingerprint density at radius 3 is 2.83 bits per heavy atom. The van der Waals surface area contributed by atoms with Gasteiger partial charge >= 0.3 is 0 Å². The zero-order valence-electron chi connectivity index (χ0n) is 11.4. The van der Waals surface area contributed by atoms with Gasteiger partial charge < -0.3 is 10.1 Å². The molecular weight excluding hydrogens is 246 g/mol. The number of rotatable bonds is 7. The molecule has 1 rings (SSSR count). The van der Waals surface area contributed by atoms with Crippen LogP contribution in [0, 0.1) is 0 Å². The van der Waals surface area contributed by atoms with E-state index in [0.29, 0.717) is 6.61 Å². The van der Waals surface area contributed by atoms with Crippen molar-refractivity contribution in [1.29, 1.82) is 0 Å². The summed E-state index contributed by atoms with van der Waals surface area (Å²) < 4.78 is 5.76. The van der Waals surface area contributed by atoms with Gasteiger partial charge in [-0.3, -0.25) is 0 Å². The van der Waals surface area contributed by atoms with E-state index >= 15 is 0 Å². The zero-order valence-corrected chi connectivity index (χ0v) is 12.2. The molecule has 1 aromatic carbocycles. The molecule has 0 aliphatic heterocycles. The lowest BCUT2D eigenvalue weighted by molar-refractivity contribution is 0.356. The highest BCUT2D eigenvalue weighted by Gasteiger charge is 2.04. The van der Waals surface area contributed by atoms with Crippen LogP contribution in [0.15, 0.2) is 29.8 Å². The van der Waals surface area contributed by atoms with Crippen molar-refractivity contribution in [1.82, 2.24) is 5.32 Å². The fourth-order valence-electron chi connectivity index (χ4n) is 1.52. The molecule has 1 aromatic rings. The molecule has 0 aliphatic carbocycles. The van der Waals surface area contributed by atoms with Crippen LogP contribution in [0.4, 0.5) is 0 Å². The van der Waals surface area contributed by atoms with E-state index in [4.69, 9.17) is 16.3 Å². The summed E-state index contributed by atoms with van der Waals surface area (Å²) in [7, 11) is 0. The zero-order chi connectivity index (χ0) is 13.4. The second kappa shape index (κ2) is 8.17. The topological polar surface area (TPSA) is 21.3 Å². The Balaban J connectivity index is 2.66. The summed E-state index contributed by atoms with van der Waals surface area (Å²) in [5, 5.41) is 4.11. The minimum atomic E-state index is 0.602. The largest absolute Gasteiger partial charge is 0.489 e. The predicted octanol–water partition coefficient (Wildman–Crippen LogP) is 4.18. The van der Waals surface area contributed by atoms with Gasteiger partial charge in [0.05, 0.1) is 0 Å². The van der Waals surface area contributed by atoms with Crippen molar-refractivity contribution in [2.24, 2.45) is 0 Å². The Labute approximate surface area is 115 Å². The molecule has 1 N–H and O–H groups in total. The first-order valence-corrected chi connectivity index (χ1v) is 6.76. The summed E-state index contributed by atoms with van der Waals surface area (Å²) in [6.07, 6.45) is 3.19. The Bertz CT molecular complexity index is 397. The van der Waals surface area contributed by atoms with Gasteiger partial charge in [0.15, 0.2) is 0 Å². The van der Waals surface area contributed by atoms with Gasteiger partial charge in [-0.1, -0.05) is 24.1 Å². The van der Waals surface area contributed by atoms with E-state index in [1.165, 1.54) is 5.57 Å². The Hall–Kier alpha value is -0.990. The molecule has 0 aromatic heterocycles. The smallest absolute Gasteiger partial charge is 0.124 e.